The van der Waals surface area contributed by atoms with Crippen molar-refractivity contribution in [1.82, 2.24) is 25.5 Å². The summed E-state index contributed by atoms with van der Waals surface area (Å²) < 4.78 is 62.7. The van der Waals surface area contributed by atoms with Gasteiger partial charge < -0.3 is 40.0 Å². The number of alkyl carbamates (subject to hydrolysis) is 1. The molecule has 0 spiro atoms. The molecule has 18 heteroatoms. The van der Waals surface area contributed by atoms with Gasteiger partial charge in [-0.15, -0.1) is 11.3 Å². The van der Waals surface area contributed by atoms with Gasteiger partial charge in [-0.2, -0.15) is 0 Å². The Morgan fingerprint density at radius 2 is 1.69 bits per heavy atom. The first-order chi connectivity index (χ1) is 31.2. The highest BCUT2D eigenvalue weighted by Crippen LogP contribution is 2.71. The number of methoxy groups -OCH3 is 1. The van der Waals surface area contributed by atoms with Crippen LogP contribution < -0.4 is 25.4 Å². The smallest absolute Gasteiger partial charge is 0.408 e. The third-order valence-electron chi connectivity index (χ3n) is 13.4. The minimum absolute atomic E-state index is 0.0112. The summed E-state index contributed by atoms with van der Waals surface area (Å²) in [6.07, 6.45) is 5.56. The molecule has 4 aliphatic rings. The summed E-state index contributed by atoms with van der Waals surface area (Å²) in [6, 6.07) is 6.65. The number of rotatable bonds is 11. The molecule has 2 saturated heterocycles. The number of ether oxygens (including phenoxy) is 3. The van der Waals surface area contributed by atoms with E-state index in [0.29, 0.717) is 59.5 Å². The zero-order valence-electron chi connectivity index (χ0n) is 37.4. The molecule has 8 rings (SSSR count). The number of amides is 3. The second-order valence-corrected chi connectivity index (χ2v) is 21.7. The molecule has 2 saturated carbocycles. The Balaban J connectivity index is 1.14. The maximum Gasteiger partial charge on any atom is 0.408 e. The first-order valence-corrected chi connectivity index (χ1v) is 25.6. The molecule has 4 N–H and O–H groups in total. The van der Waals surface area contributed by atoms with Crippen LogP contribution in [-0.4, -0.2) is 86.9 Å². The number of benzene rings is 2. The van der Waals surface area contributed by atoms with Gasteiger partial charge >= 0.3 is 6.09 Å². The molecule has 2 unspecified atom stereocenters. The molecule has 3 amide bonds. The summed E-state index contributed by atoms with van der Waals surface area (Å²) >= 11 is 1.45. The number of carbonyl (C=O) groups is 3. The lowest BCUT2D eigenvalue weighted by Crippen LogP contribution is -2.55. The standard InChI is InChI=1S/C47H59F2N6O8PS/c1-27(2)50-45-52-38(26-65-45)37-22-41(32-19-20-40(61-4)28(3)42(32)51-37)62-31-21-39-43(56)54-47(64(59,60)25-33-34(48)16-12-17-35(33)49)23-29(47)13-8-6-5-7-9-18-36(44(57)55(39)24-31)53-46(58)63-30-14-10-11-15-30/h12,16-17,19-20,22,26-27,29-31,36,39H,5-11,13-15,18,21,23-25H2,1-4H3,(H,50,52)(H,53,58)(H,54,56)(H,59,60)/t29-,31?,36+,39+,47+/m1/s1. The number of hydrogen-bond donors (Lipinski definition) is 4. The molecule has 14 nitrogen and oxygen atoms in total. The third kappa shape index (κ3) is 10.1. The number of carbonyl (C=O) groups excluding carboxylic acids is 3. The molecule has 0 radical (unpaired) electrons. The van der Waals surface area contributed by atoms with Crippen LogP contribution in [0.1, 0.15) is 108 Å². The molecule has 4 heterocycles. The maximum absolute atomic E-state index is 15.0. The quantitative estimate of drug-likeness (QED) is 0.105. The van der Waals surface area contributed by atoms with Gasteiger partial charge in [0.15, 0.2) is 5.13 Å². The fourth-order valence-electron chi connectivity index (χ4n) is 9.81. The molecule has 2 aromatic heterocycles. The van der Waals surface area contributed by atoms with Crippen molar-refractivity contribution in [2.75, 3.05) is 19.0 Å². The van der Waals surface area contributed by atoms with Crippen LogP contribution in [0.4, 0.5) is 18.7 Å². The van der Waals surface area contributed by atoms with Crippen molar-refractivity contribution < 1.29 is 46.8 Å². The maximum atomic E-state index is 15.0. The predicted molar refractivity (Wildman–Crippen MR) is 244 cm³/mol. The summed E-state index contributed by atoms with van der Waals surface area (Å²) in [5.74, 6) is -2.46. The van der Waals surface area contributed by atoms with E-state index in [1.54, 1.807) is 13.2 Å². The molecule has 4 fully saturated rings. The monoisotopic (exact) mass is 936 g/mol. The van der Waals surface area contributed by atoms with Crippen molar-refractivity contribution in [3.8, 4) is 22.9 Å². The van der Waals surface area contributed by atoms with Gasteiger partial charge in [0.05, 0.1) is 31.0 Å². The van der Waals surface area contributed by atoms with Gasteiger partial charge in [0.25, 0.3) is 0 Å². The van der Waals surface area contributed by atoms with Crippen LogP contribution in [0.15, 0.2) is 41.8 Å². The lowest BCUT2D eigenvalue weighted by molar-refractivity contribution is -0.140. The molecule has 2 aliphatic heterocycles. The number of aryl methyl sites for hydroxylation is 1. The number of thiazole rings is 1. The van der Waals surface area contributed by atoms with Gasteiger partial charge in [-0.05, 0) is 95.9 Å². The van der Waals surface area contributed by atoms with Crippen LogP contribution in [0.25, 0.3) is 22.3 Å². The summed E-state index contributed by atoms with van der Waals surface area (Å²) in [7, 11) is -2.96. The Bertz CT molecular complexity index is 2450. The summed E-state index contributed by atoms with van der Waals surface area (Å²) in [5.41, 5.74) is 2.02. The predicted octanol–water partition coefficient (Wildman–Crippen LogP) is 9.21. The molecule has 2 aliphatic carbocycles. The van der Waals surface area contributed by atoms with Crippen LogP contribution in [0.3, 0.4) is 0 Å². The van der Waals surface area contributed by atoms with E-state index in [1.807, 2.05) is 38.3 Å². The number of halogens is 2. The highest BCUT2D eigenvalue weighted by Gasteiger charge is 2.66. The Labute approximate surface area is 382 Å². The van der Waals surface area contributed by atoms with Crippen molar-refractivity contribution >= 4 is 52.6 Å². The molecule has 6 atom stereocenters. The van der Waals surface area contributed by atoms with Crippen molar-refractivity contribution in [2.24, 2.45) is 5.92 Å². The Kier molecular flexibility index (Phi) is 14.0. The number of anilines is 1. The zero-order valence-corrected chi connectivity index (χ0v) is 39.1. The zero-order chi connectivity index (χ0) is 46.0. The highest BCUT2D eigenvalue weighted by molar-refractivity contribution is 7.59. The number of nitrogens with zero attached hydrogens (tertiary/aromatic N) is 3. The molecular formula is C47H59F2N6O8PS. The number of pyridine rings is 1. The molecular weight excluding hydrogens is 878 g/mol. The van der Waals surface area contributed by atoms with Crippen molar-refractivity contribution in [2.45, 2.75) is 146 Å². The molecule has 2 aromatic carbocycles. The second-order valence-electron chi connectivity index (χ2n) is 18.3. The van der Waals surface area contributed by atoms with E-state index < -0.39 is 78.0 Å². The van der Waals surface area contributed by atoms with Crippen LogP contribution in [-0.2, 0) is 25.1 Å². The fraction of sp³-hybridized carbons (Fsp3) is 0.553. The number of nitrogens with one attached hydrogen (secondary N) is 3. The first kappa shape index (κ1) is 46.7. The molecule has 0 bridgehead atoms. The second kappa shape index (κ2) is 19.5. The van der Waals surface area contributed by atoms with E-state index in [0.717, 1.165) is 67.8 Å². The van der Waals surface area contributed by atoms with Crippen molar-refractivity contribution in [1.29, 1.82) is 0 Å². The van der Waals surface area contributed by atoms with E-state index in [-0.39, 0.29) is 31.5 Å². The van der Waals surface area contributed by atoms with E-state index in [4.69, 9.17) is 24.2 Å². The minimum atomic E-state index is -4.55. The van der Waals surface area contributed by atoms with Gasteiger partial charge in [0.1, 0.15) is 58.4 Å². The number of aromatic nitrogens is 2. The average Bonchev–Trinajstić information content (AvgIpc) is 3.68. The fourth-order valence-corrected chi connectivity index (χ4v) is 13.2. The molecule has 4 aromatic rings. The average molecular weight is 937 g/mol. The third-order valence-corrected chi connectivity index (χ3v) is 16.8. The Morgan fingerprint density at radius 1 is 0.985 bits per heavy atom. The van der Waals surface area contributed by atoms with Gasteiger partial charge in [-0.1, -0.05) is 38.2 Å². The van der Waals surface area contributed by atoms with E-state index in [1.165, 1.54) is 22.3 Å². The molecule has 65 heavy (non-hydrogen) atoms. The van der Waals surface area contributed by atoms with Crippen molar-refractivity contribution in [3.63, 3.8) is 0 Å². The Hall–Kier alpha value is -4.86. The van der Waals surface area contributed by atoms with Crippen LogP contribution in [0, 0.1) is 24.5 Å². The highest BCUT2D eigenvalue weighted by atomic mass is 32.1. The van der Waals surface area contributed by atoms with Gasteiger partial charge in [0, 0.05) is 40.4 Å². The van der Waals surface area contributed by atoms with Crippen molar-refractivity contribution in [3.05, 3.63) is 64.5 Å². The lowest BCUT2D eigenvalue weighted by Gasteiger charge is -2.31. The lowest BCUT2D eigenvalue weighted by atomic mass is 10.0. The van der Waals surface area contributed by atoms with E-state index in [2.05, 4.69) is 16.0 Å². The SMILES string of the molecule is COc1ccc2c(OC3C[C@H]4C(=O)N[C@]5(P(=O)(O)Cc6c(F)cccc6F)C[C@H]5CCCCCCC[C@H](NC(=O)OC5CCCC5)C(=O)N4C3)cc(-c3csc(NC(C)C)n3)nc2c1C. The van der Waals surface area contributed by atoms with E-state index in [9.17, 15) is 32.6 Å². The first-order valence-electron chi connectivity index (χ1n) is 22.9. The summed E-state index contributed by atoms with van der Waals surface area (Å²) in [4.78, 5) is 66.2. The number of hydrogen-bond acceptors (Lipinski definition) is 11. The normalized spacial score (nSPS) is 25.2. The van der Waals surface area contributed by atoms with Crippen LogP contribution in [0.5, 0.6) is 11.5 Å². The molecule has 350 valence electrons. The largest absolute Gasteiger partial charge is 0.496 e. The minimum Gasteiger partial charge on any atom is -0.496 e. The van der Waals surface area contributed by atoms with E-state index >= 15 is 0 Å². The summed E-state index contributed by atoms with van der Waals surface area (Å²) in [6.45, 7) is 5.89. The van der Waals surface area contributed by atoms with Crippen LogP contribution in [0.2, 0.25) is 0 Å². The Morgan fingerprint density at radius 3 is 2.42 bits per heavy atom. The van der Waals surface area contributed by atoms with Gasteiger partial charge in [0.2, 0.25) is 19.2 Å². The van der Waals surface area contributed by atoms with Gasteiger partial charge in [-0.25, -0.2) is 23.5 Å². The van der Waals surface area contributed by atoms with Gasteiger partial charge in [-0.3, -0.25) is 14.2 Å². The topological polar surface area (TPSA) is 181 Å². The summed E-state index contributed by atoms with van der Waals surface area (Å²) in [5, 5.41) is 10.7. The number of fused-ring (bicyclic) bond motifs is 3. The van der Waals surface area contributed by atoms with Crippen LogP contribution >= 0.6 is 18.7 Å².